The maximum absolute atomic E-state index is 12.1. The van der Waals surface area contributed by atoms with E-state index in [4.69, 9.17) is 0 Å². The van der Waals surface area contributed by atoms with E-state index in [-0.39, 0.29) is 17.7 Å². The second kappa shape index (κ2) is 4.41. The second-order valence-corrected chi connectivity index (χ2v) is 6.06. The number of aromatic nitrogens is 2. The molecule has 2 aromatic rings. The molecule has 5 heteroatoms. The zero-order valence-electron chi connectivity index (χ0n) is 11.9. The fourth-order valence-electron chi connectivity index (χ4n) is 3.18. The predicted molar refractivity (Wildman–Crippen MR) is 77.8 cm³/mol. The van der Waals surface area contributed by atoms with Gasteiger partial charge in [-0.2, -0.15) is 5.10 Å². The standard InChI is InChI=1S/C16H17N3O2/c1-19-13-8-10(9-2-3-9)4-5-11(13)15(18-19)12-6-7-14(20)17-16(12)21/h4-5,8-9,12H,2-3,6-7H2,1H3,(H,17,20,21). The fraction of sp³-hybridized carbons (Fsp3) is 0.438. The van der Waals surface area contributed by atoms with Gasteiger partial charge < -0.3 is 0 Å². The molecule has 1 aromatic carbocycles. The van der Waals surface area contributed by atoms with E-state index >= 15 is 0 Å². The van der Waals surface area contributed by atoms with Crippen LogP contribution in [0.3, 0.4) is 0 Å². The molecule has 2 heterocycles. The minimum absolute atomic E-state index is 0.187. The van der Waals surface area contributed by atoms with E-state index in [2.05, 4.69) is 28.6 Å². The van der Waals surface area contributed by atoms with Crippen LogP contribution in [0.15, 0.2) is 18.2 Å². The van der Waals surface area contributed by atoms with Crippen LogP contribution in [0.2, 0.25) is 0 Å². The molecule has 1 saturated heterocycles. The van der Waals surface area contributed by atoms with Crippen LogP contribution in [0.5, 0.6) is 0 Å². The van der Waals surface area contributed by atoms with Gasteiger partial charge in [0.15, 0.2) is 0 Å². The molecule has 2 aliphatic rings. The second-order valence-electron chi connectivity index (χ2n) is 6.06. The Hall–Kier alpha value is -2.17. The SMILES string of the molecule is Cn1nc(C2CCC(=O)NC2=O)c2ccc(C3CC3)cc21. The molecule has 21 heavy (non-hydrogen) atoms. The quantitative estimate of drug-likeness (QED) is 0.857. The molecule has 5 nitrogen and oxygen atoms in total. The van der Waals surface area contributed by atoms with Crippen molar-refractivity contribution in [3.63, 3.8) is 0 Å². The van der Waals surface area contributed by atoms with Crippen LogP contribution in [-0.4, -0.2) is 21.6 Å². The molecule has 1 aliphatic heterocycles. The lowest BCUT2D eigenvalue weighted by Gasteiger charge is -2.19. The number of amides is 2. The molecule has 108 valence electrons. The van der Waals surface area contributed by atoms with Gasteiger partial charge in [-0.3, -0.25) is 19.6 Å². The highest BCUT2D eigenvalue weighted by molar-refractivity contribution is 6.02. The van der Waals surface area contributed by atoms with Gasteiger partial charge >= 0.3 is 0 Å². The molecule has 1 N–H and O–H groups in total. The molecule has 2 amide bonds. The zero-order chi connectivity index (χ0) is 14.6. The highest BCUT2D eigenvalue weighted by atomic mass is 16.2. The molecule has 1 aromatic heterocycles. The van der Waals surface area contributed by atoms with Crippen molar-refractivity contribution in [3.05, 3.63) is 29.5 Å². The van der Waals surface area contributed by atoms with Gasteiger partial charge in [-0.15, -0.1) is 0 Å². The number of imide groups is 1. The number of aryl methyl sites for hydroxylation is 1. The Labute approximate surface area is 122 Å². The molecule has 0 radical (unpaired) electrons. The van der Waals surface area contributed by atoms with E-state index in [0.29, 0.717) is 18.8 Å². The number of rotatable bonds is 2. The van der Waals surface area contributed by atoms with E-state index in [1.165, 1.54) is 18.4 Å². The van der Waals surface area contributed by atoms with Crippen molar-refractivity contribution in [2.75, 3.05) is 0 Å². The third-order valence-corrected chi connectivity index (χ3v) is 4.52. The Morgan fingerprint density at radius 2 is 2.05 bits per heavy atom. The molecular weight excluding hydrogens is 266 g/mol. The van der Waals surface area contributed by atoms with Gasteiger partial charge in [-0.1, -0.05) is 12.1 Å². The first-order chi connectivity index (χ1) is 10.1. The molecule has 0 spiro atoms. The summed E-state index contributed by atoms with van der Waals surface area (Å²) in [7, 11) is 1.91. The van der Waals surface area contributed by atoms with Crippen molar-refractivity contribution < 1.29 is 9.59 Å². The summed E-state index contributed by atoms with van der Waals surface area (Å²) in [5.74, 6) is -0.0356. The first kappa shape index (κ1) is 12.6. The van der Waals surface area contributed by atoms with E-state index in [1.54, 1.807) is 0 Å². The Bertz CT molecular complexity index is 758. The summed E-state index contributed by atoms with van der Waals surface area (Å²) >= 11 is 0. The fourth-order valence-corrected chi connectivity index (χ4v) is 3.18. The lowest BCUT2D eigenvalue weighted by atomic mass is 9.92. The third-order valence-electron chi connectivity index (χ3n) is 4.52. The van der Waals surface area contributed by atoms with Crippen molar-refractivity contribution in [2.45, 2.75) is 37.5 Å². The first-order valence-electron chi connectivity index (χ1n) is 7.44. The minimum atomic E-state index is -0.321. The number of carbonyl (C=O) groups is 2. The van der Waals surface area contributed by atoms with Gasteiger partial charge in [0.25, 0.3) is 0 Å². The number of nitrogens with one attached hydrogen (secondary N) is 1. The average molecular weight is 283 g/mol. The van der Waals surface area contributed by atoms with E-state index in [1.807, 2.05) is 11.7 Å². The van der Waals surface area contributed by atoms with Gasteiger partial charge in [-0.25, -0.2) is 0 Å². The number of fused-ring (bicyclic) bond motifs is 1. The Morgan fingerprint density at radius 3 is 2.76 bits per heavy atom. The topological polar surface area (TPSA) is 64.0 Å². The molecule has 0 bridgehead atoms. The molecule has 1 unspecified atom stereocenters. The zero-order valence-corrected chi connectivity index (χ0v) is 11.9. The lowest BCUT2D eigenvalue weighted by Crippen LogP contribution is -2.39. The number of hydrogen-bond acceptors (Lipinski definition) is 3. The van der Waals surface area contributed by atoms with Crippen LogP contribution < -0.4 is 5.32 Å². The number of benzene rings is 1. The summed E-state index contributed by atoms with van der Waals surface area (Å²) in [6, 6.07) is 6.42. The minimum Gasteiger partial charge on any atom is -0.296 e. The van der Waals surface area contributed by atoms with E-state index < -0.39 is 0 Å². The van der Waals surface area contributed by atoms with Crippen molar-refractivity contribution in [1.29, 1.82) is 0 Å². The highest BCUT2D eigenvalue weighted by Crippen LogP contribution is 2.41. The summed E-state index contributed by atoms with van der Waals surface area (Å²) < 4.78 is 1.85. The third kappa shape index (κ3) is 2.04. The lowest BCUT2D eigenvalue weighted by molar-refractivity contribution is -0.134. The van der Waals surface area contributed by atoms with Crippen LogP contribution in [-0.2, 0) is 16.6 Å². The maximum atomic E-state index is 12.1. The van der Waals surface area contributed by atoms with Gasteiger partial charge in [0.2, 0.25) is 11.8 Å². The van der Waals surface area contributed by atoms with Crippen LogP contribution in [0.25, 0.3) is 10.9 Å². The smallest absolute Gasteiger partial charge is 0.235 e. The summed E-state index contributed by atoms with van der Waals surface area (Å²) in [4.78, 5) is 23.4. The van der Waals surface area contributed by atoms with Gasteiger partial charge in [0.1, 0.15) is 0 Å². The number of hydrogen-bond donors (Lipinski definition) is 1. The Kier molecular flexibility index (Phi) is 2.64. The van der Waals surface area contributed by atoms with Gasteiger partial charge in [0.05, 0.1) is 17.1 Å². The monoisotopic (exact) mass is 283 g/mol. The van der Waals surface area contributed by atoms with E-state index in [0.717, 1.165) is 16.6 Å². The Morgan fingerprint density at radius 1 is 1.24 bits per heavy atom. The molecular formula is C16H17N3O2. The summed E-state index contributed by atoms with van der Waals surface area (Å²) in [6.45, 7) is 0. The summed E-state index contributed by atoms with van der Waals surface area (Å²) in [5, 5.41) is 7.99. The van der Waals surface area contributed by atoms with Crippen LogP contribution in [0, 0.1) is 0 Å². The summed E-state index contributed by atoms with van der Waals surface area (Å²) in [5.41, 5.74) is 3.22. The van der Waals surface area contributed by atoms with Crippen LogP contribution in [0.4, 0.5) is 0 Å². The largest absolute Gasteiger partial charge is 0.296 e. The molecule has 1 saturated carbocycles. The first-order valence-corrected chi connectivity index (χ1v) is 7.44. The normalized spacial score (nSPS) is 22.6. The molecule has 2 fully saturated rings. The Balaban J connectivity index is 1.78. The van der Waals surface area contributed by atoms with Crippen molar-refractivity contribution in [3.8, 4) is 0 Å². The average Bonchev–Trinajstić information content (AvgIpc) is 3.25. The van der Waals surface area contributed by atoms with Crippen molar-refractivity contribution >= 4 is 22.7 Å². The maximum Gasteiger partial charge on any atom is 0.235 e. The molecule has 4 rings (SSSR count). The van der Waals surface area contributed by atoms with Crippen molar-refractivity contribution in [2.24, 2.45) is 7.05 Å². The number of nitrogens with zero attached hydrogens (tertiary/aromatic N) is 2. The number of piperidine rings is 1. The van der Waals surface area contributed by atoms with Crippen LogP contribution >= 0.6 is 0 Å². The number of carbonyl (C=O) groups excluding carboxylic acids is 2. The van der Waals surface area contributed by atoms with Gasteiger partial charge in [0, 0.05) is 18.9 Å². The molecule has 1 atom stereocenters. The van der Waals surface area contributed by atoms with Crippen LogP contribution in [0.1, 0.15) is 48.8 Å². The molecule has 1 aliphatic carbocycles. The summed E-state index contributed by atoms with van der Waals surface area (Å²) in [6.07, 6.45) is 3.46. The highest BCUT2D eigenvalue weighted by Gasteiger charge is 2.32. The van der Waals surface area contributed by atoms with Gasteiger partial charge in [-0.05, 0) is 36.8 Å². The van der Waals surface area contributed by atoms with E-state index in [9.17, 15) is 9.59 Å². The predicted octanol–water partition coefficient (Wildman–Crippen LogP) is 1.97. The van der Waals surface area contributed by atoms with Crippen molar-refractivity contribution in [1.82, 2.24) is 15.1 Å².